The van der Waals surface area contributed by atoms with E-state index in [2.05, 4.69) is 14.5 Å². The molecule has 0 aliphatic heterocycles. The molecule has 0 bridgehead atoms. The van der Waals surface area contributed by atoms with Crippen molar-refractivity contribution in [1.82, 2.24) is 14.5 Å². The van der Waals surface area contributed by atoms with Crippen LogP contribution >= 0.6 is 0 Å². The second-order valence-electron chi connectivity index (χ2n) is 3.95. The van der Waals surface area contributed by atoms with Crippen molar-refractivity contribution in [3.8, 4) is 11.4 Å². The average molecular weight is 216 g/mol. The van der Waals surface area contributed by atoms with Crippen LogP contribution in [0.4, 0.5) is 0 Å². The molecular weight excluding hydrogens is 200 g/mol. The number of aryl methyl sites for hydroxylation is 1. The summed E-state index contributed by atoms with van der Waals surface area (Å²) in [5, 5.41) is 0. The Kier molecular flexibility index (Phi) is 3.31. The highest BCUT2D eigenvalue weighted by Crippen LogP contribution is 2.15. The van der Waals surface area contributed by atoms with Crippen molar-refractivity contribution in [2.45, 2.75) is 25.9 Å². The van der Waals surface area contributed by atoms with E-state index in [0.717, 1.165) is 24.4 Å². The van der Waals surface area contributed by atoms with E-state index >= 15 is 0 Å². The van der Waals surface area contributed by atoms with E-state index in [0.29, 0.717) is 0 Å². The minimum atomic E-state index is 0.212. The second kappa shape index (κ2) is 4.90. The number of nitrogens with zero attached hydrogens (tertiary/aromatic N) is 3. The zero-order valence-corrected chi connectivity index (χ0v) is 9.37. The van der Waals surface area contributed by atoms with Crippen LogP contribution in [-0.4, -0.2) is 20.6 Å². The van der Waals surface area contributed by atoms with Crippen LogP contribution in [0, 0.1) is 0 Å². The summed E-state index contributed by atoms with van der Waals surface area (Å²) in [6.07, 6.45) is 8.32. The smallest absolute Gasteiger partial charge is 0.141 e. The third kappa shape index (κ3) is 2.46. The van der Waals surface area contributed by atoms with Gasteiger partial charge >= 0.3 is 0 Å². The summed E-state index contributed by atoms with van der Waals surface area (Å²) < 4.78 is 2.11. The molecule has 0 aliphatic rings. The van der Waals surface area contributed by atoms with Crippen molar-refractivity contribution < 1.29 is 0 Å². The molecule has 0 radical (unpaired) electrons. The van der Waals surface area contributed by atoms with E-state index in [-0.39, 0.29) is 6.04 Å². The highest BCUT2D eigenvalue weighted by molar-refractivity contribution is 5.53. The highest BCUT2D eigenvalue weighted by atomic mass is 15.1. The fraction of sp³-hybridized carbons (Fsp3) is 0.333. The fourth-order valence-electron chi connectivity index (χ4n) is 1.59. The number of nitrogens with two attached hydrogens (primary N) is 1. The Labute approximate surface area is 95.1 Å². The van der Waals surface area contributed by atoms with Gasteiger partial charge in [0.15, 0.2) is 0 Å². The topological polar surface area (TPSA) is 56.7 Å². The van der Waals surface area contributed by atoms with Crippen molar-refractivity contribution in [1.29, 1.82) is 0 Å². The van der Waals surface area contributed by atoms with Gasteiger partial charge in [-0.05, 0) is 25.5 Å². The summed E-state index contributed by atoms with van der Waals surface area (Å²) in [5.41, 5.74) is 6.79. The maximum absolute atomic E-state index is 5.75. The molecule has 0 fully saturated rings. The molecule has 4 heteroatoms. The number of rotatable bonds is 4. The van der Waals surface area contributed by atoms with Crippen molar-refractivity contribution in [2.24, 2.45) is 5.73 Å². The molecule has 16 heavy (non-hydrogen) atoms. The monoisotopic (exact) mass is 216 g/mol. The Hall–Kier alpha value is -1.68. The Morgan fingerprint density at radius 1 is 1.44 bits per heavy atom. The van der Waals surface area contributed by atoms with Gasteiger partial charge in [-0.25, -0.2) is 4.98 Å². The van der Waals surface area contributed by atoms with Crippen LogP contribution in [0.2, 0.25) is 0 Å². The molecule has 2 heterocycles. The van der Waals surface area contributed by atoms with Crippen LogP contribution in [0.5, 0.6) is 0 Å². The van der Waals surface area contributed by atoms with Crippen molar-refractivity contribution in [2.75, 3.05) is 0 Å². The van der Waals surface area contributed by atoms with Crippen molar-refractivity contribution >= 4 is 0 Å². The van der Waals surface area contributed by atoms with Crippen molar-refractivity contribution in [3.63, 3.8) is 0 Å². The van der Waals surface area contributed by atoms with Gasteiger partial charge in [0.1, 0.15) is 5.82 Å². The van der Waals surface area contributed by atoms with E-state index in [1.165, 1.54) is 0 Å². The van der Waals surface area contributed by atoms with Crippen LogP contribution in [0.15, 0.2) is 36.9 Å². The first-order valence-corrected chi connectivity index (χ1v) is 5.44. The van der Waals surface area contributed by atoms with Crippen LogP contribution in [0.25, 0.3) is 11.4 Å². The molecule has 0 spiro atoms. The van der Waals surface area contributed by atoms with E-state index in [1.54, 1.807) is 6.20 Å². The van der Waals surface area contributed by atoms with E-state index in [9.17, 15) is 0 Å². The quantitative estimate of drug-likeness (QED) is 0.846. The number of hydrogen-bond donors (Lipinski definition) is 1. The summed E-state index contributed by atoms with van der Waals surface area (Å²) in [6, 6.07) is 4.14. The third-order valence-electron chi connectivity index (χ3n) is 2.46. The predicted molar refractivity (Wildman–Crippen MR) is 63.7 cm³/mol. The lowest BCUT2D eigenvalue weighted by molar-refractivity contribution is 0.574. The van der Waals surface area contributed by atoms with Gasteiger partial charge in [0.05, 0.1) is 0 Å². The standard InChI is InChI=1S/C12H16N4/c1-10(13)4-7-16-8-6-15-12(16)11-3-2-5-14-9-11/h2-3,5-6,8-10H,4,7,13H2,1H3. The van der Waals surface area contributed by atoms with Crippen LogP contribution in [0.1, 0.15) is 13.3 Å². The van der Waals surface area contributed by atoms with Crippen LogP contribution in [-0.2, 0) is 6.54 Å². The van der Waals surface area contributed by atoms with Crippen LogP contribution in [0.3, 0.4) is 0 Å². The molecule has 0 saturated heterocycles. The first-order chi connectivity index (χ1) is 7.77. The van der Waals surface area contributed by atoms with Gasteiger partial charge in [0, 0.05) is 42.9 Å². The zero-order chi connectivity index (χ0) is 11.4. The molecular formula is C12H16N4. The molecule has 2 N–H and O–H groups in total. The molecule has 2 aromatic heterocycles. The SMILES string of the molecule is CC(N)CCn1ccnc1-c1cccnc1. The Bertz CT molecular complexity index is 433. The molecule has 2 aromatic rings. The minimum Gasteiger partial charge on any atom is -0.331 e. The lowest BCUT2D eigenvalue weighted by Crippen LogP contribution is -2.17. The fourth-order valence-corrected chi connectivity index (χ4v) is 1.59. The second-order valence-corrected chi connectivity index (χ2v) is 3.95. The molecule has 0 amide bonds. The van der Waals surface area contributed by atoms with Gasteiger partial charge in [0.2, 0.25) is 0 Å². The third-order valence-corrected chi connectivity index (χ3v) is 2.46. The molecule has 0 saturated carbocycles. The Morgan fingerprint density at radius 2 is 2.31 bits per heavy atom. The van der Waals surface area contributed by atoms with E-state index in [1.807, 2.05) is 37.6 Å². The molecule has 1 atom stereocenters. The molecule has 4 nitrogen and oxygen atoms in total. The van der Waals surface area contributed by atoms with Gasteiger partial charge < -0.3 is 10.3 Å². The van der Waals surface area contributed by atoms with E-state index in [4.69, 9.17) is 5.73 Å². The van der Waals surface area contributed by atoms with E-state index < -0.39 is 0 Å². The normalized spacial score (nSPS) is 12.6. The minimum absolute atomic E-state index is 0.212. The highest BCUT2D eigenvalue weighted by Gasteiger charge is 2.05. The predicted octanol–water partition coefficient (Wildman–Crippen LogP) is 1.68. The maximum atomic E-state index is 5.75. The van der Waals surface area contributed by atoms with Gasteiger partial charge in [-0.1, -0.05) is 0 Å². The molecule has 0 aliphatic carbocycles. The number of aromatic nitrogens is 3. The summed E-state index contributed by atoms with van der Waals surface area (Å²) in [4.78, 5) is 8.45. The van der Waals surface area contributed by atoms with Crippen LogP contribution < -0.4 is 5.73 Å². The molecule has 1 unspecified atom stereocenters. The van der Waals surface area contributed by atoms with Gasteiger partial charge in [-0.2, -0.15) is 0 Å². The largest absolute Gasteiger partial charge is 0.331 e. The van der Waals surface area contributed by atoms with Gasteiger partial charge in [-0.15, -0.1) is 0 Å². The van der Waals surface area contributed by atoms with Crippen molar-refractivity contribution in [3.05, 3.63) is 36.9 Å². The Balaban J connectivity index is 2.19. The number of pyridine rings is 1. The summed E-state index contributed by atoms with van der Waals surface area (Å²) in [6.45, 7) is 2.91. The van der Waals surface area contributed by atoms with Gasteiger partial charge in [-0.3, -0.25) is 4.98 Å². The first-order valence-electron chi connectivity index (χ1n) is 5.44. The van der Waals surface area contributed by atoms with Gasteiger partial charge in [0.25, 0.3) is 0 Å². The summed E-state index contributed by atoms with van der Waals surface area (Å²) >= 11 is 0. The maximum Gasteiger partial charge on any atom is 0.141 e. The Morgan fingerprint density at radius 3 is 3.00 bits per heavy atom. The lowest BCUT2D eigenvalue weighted by atomic mass is 10.2. The first kappa shape index (κ1) is 10.8. The summed E-state index contributed by atoms with van der Waals surface area (Å²) in [7, 11) is 0. The molecule has 84 valence electrons. The zero-order valence-electron chi connectivity index (χ0n) is 9.37. The summed E-state index contributed by atoms with van der Waals surface area (Å²) in [5.74, 6) is 0.953. The molecule has 0 aromatic carbocycles. The molecule has 2 rings (SSSR count). The lowest BCUT2D eigenvalue weighted by Gasteiger charge is -2.09. The number of hydrogen-bond acceptors (Lipinski definition) is 3. The average Bonchev–Trinajstić information content (AvgIpc) is 2.75. The number of imidazole rings is 1.